The van der Waals surface area contributed by atoms with E-state index in [0.29, 0.717) is 39.9 Å². The van der Waals surface area contributed by atoms with Crippen LogP contribution in [-0.4, -0.2) is 35.1 Å². The number of anilines is 1. The second-order valence-corrected chi connectivity index (χ2v) is 9.92. The second kappa shape index (κ2) is 9.16. The summed E-state index contributed by atoms with van der Waals surface area (Å²) in [6.45, 7) is 0.668. The minimum atomic E-state index is -0.621. The molecule has 0 aliphatic carbocycles. The molecule has 2 aliphatic rings. The largest absolute Gasteiger partial charge is 0.426 e. The van der Waals surface area contributed by atoms with Crippen molar-refractivity contribution in [1.29, 1.82) is 0 Å². The Morgan fingerprint density at radius 2 is 1.91 bits per heavy atom. The van der Waals surface area contributed by atoms with Gasteiger partial charge in [0.15, 0.2) is 0 Å². The first kappa shape index (κ1) is 23.1. The van der Waals surface area contributed by atoms with Crippen molar-refractivity contribution in [3.05, 3.63) is 80.2 Å². The topological polar surface area (TPSA) is 119 Å². The van der Waals surface area contributed by atoms with E-state index in [1.165, 1.54) is 11.3 Å². The highest BCUT2D eigenvalue weighted by Gasteiger charge is 2.31. The number of hydrogen-bond donors (Lipinski definition) is 2. The van der Waals surface area contributed by atoms with Crippen molar-refractivity contribution in [2.45, 2.75) is 25.8 Å². The summed E-state index contributed by atoms with van der Waals surface area (Å²) >= 11 is 7.15. The Morgan fingerprint density at radius 1 is 1.14 bits per heavy atom. The number of amides is 3. The number of benzene rings is 2. The summed E-state index contributed by atoms with van der Waals surface area (Å²) in [5.41, 5.74) is 8.68. The van der Waals surface area contributed by atoms with E-state index in [4.69, 9.17) is 22.1 Å². The Labute approximate surface area is 209 Å². The molecule has 10 heteroatoms. The Kier molecular flexibility index (Phi) is 6.04. The van der Waals surface area contributed by atoms with Crippen LogP contribution in [0, 0.1) is 0 Å². The normalized spacial score (nSPS) is 14.2. The third-order valence-corrected chi connectivity index (χ3v) is 7.38. The van der Waals surface area contributed by atoms with Gasteiger partial charge in [-0.2, -0.15) is 0 Å². The molecule has 0 fully saturated rings. The molecule has 0 atom stereocenters. The number of primary amides is 1. The molecule has 178 valence electrons. The second-order valence-electron chi connectivity index (χ2n) is 8.37. The number of hydrogen-bond acceptors (Lipinski definition) is 6. The highest BCUT2D eigenvalue weighted by molar-refractivity contribution is 7.17. The number of carbonyl (C=O) groups is 4. The Hall–Kier alpha value is -3.69. The number of thiophene rings is 1. The van der Waals surface area contributed by atoms with Crippen molar-refractivity contribution in [2.24, 2.45) is 5.73 Å². The lowest BCUT2D eigenvalue weighted by atomic mass is 10.0. The zero-order chi connectivity index (χ0) is 24.7. The zero-order valence-electron chi connectivity index (χ0n) is 18.4. The number of nitrogens with two attached hydrogens (primary N) is 1. The van der Waals surface area contributed by atoms with Gasteiger partial charge in [-0.05, 0) is 41.8 Å². The fourth-order valence-electron chi connectivity index (χ4n) is 4.31. The van der Waals surface area contributed by atoms with Crippen molar-refractivity contribution >= 4 is 51.6 Å². The summed E-state index contributed by atoms with van der Waals surface area (Å²) in [5, 5.41) is 3.78. The van der Waals surface area contributed by atoms with Crippen molar-refractivity contribution in [1.82, 2.24) is 4.90 Å². The van der Waals surface area contributed by atoms with Gasteiger partial charge >= 0.3 is 5.97 Å². The third-order valence-electron chi connectivity index (χ3n) is 5.99. The van der Waals surface area contributed by atoms with Crippen LogP contribution in [0.25, 0.3) is 0 Å². The van der Waals surface area contributed by atoms with Crippen LogP contribution in [0.1, 0.15) is 42.3 Å². The minimum Gasteiger partial charge on any atom is -0.426 e. The predicted octanol–water partition coefficient (Wildman–Crippen LogP) is 3.34. The average Bonchev–Trinajstić information content (AvgIpc) is 3.37. The summed E-state index contributed by atoms with van der Waals surface area (Å²) in [7, 11) is 0. The molecule has 2 aromatic carbocycles. The average molecular weight is 510 g/mol. The molecule has 0 bridgehead atoms. The monoisotopic (exact) mass is 509 g/mol. The maximum Gasteiger partial charge on any atom is 0.315 e. The minimum absolute atomic E-state index is 0.117. The van der Waals surface area contributed by atoms with E-state index in [0.717, 1.165) is 21.6 Å². The number of esters is 1. The third kappa shape index (κ3) is 4.65. The zero-order valence-corrected chi connectivity index (χ0v) is 20.0. The van der Waals surface area contributed by atoms with Crippen molar-refractivity contribution in [3.63, 3.8) is 0 Å². The smallest absolute Gasteiger partial charge is 0.315 e. The molecule has 3 heterocycles. The van der Waals surface area contributed by atoms with E-state index >= 15 is 0 Å². The van der Waals surface area contributed by atoms with E-state index in [1.807, 2.05) is 0 Å². The molecule has 0 spiro atoms. The molecule has 2 aliphatic heterocycles. The lowest BCUT2D eigenvalue weighted by Crippen LogP contribution is -2.36. The standard InChI is InChI=1S/C25H20ClN3O5S/c26-16-5-1-13(2-6-16)9-20(30)28-24-22(23(27)32)17-7-8-29(12-19(17)35-24)25(33)15-4-3-14-11-21(31)34-18(14)10-15/h1-6,10H,7-9,11-12H2,(H2,27,32)(H,28,30). The lowest BCUT2D eigenvalue weighted by molar-refractivity contribution is -0.131. The van der Waals surface area contributed by atoms with Crippen molar-refractivity contribution < 1.29 is 23.9 Å². The molecule has 0 unspecified atom stereocenters. The van der Waals surface area contributed by atoms with Gasteiger partial charge < -0.3 is 20.7 Å². The number of nitrogens with zero attached hydrogens (tertiary/aromatic N) is 1. The van der Waals surface area contributed by atoms with E-state index in [1.54, 1.807) is 47.4 Å². The van der Waals surface area contributed by atoms with Crippen molar-refractivity contribution in [2.75, 3.05) is 11.9 Å². The van der Waals surface area contributed by atoms with E-state index < -0.39 is 5.91 Å². The van der Waals surface area contributed by atoms with Gasteiger partial charge in [-0.25, -0.2) is 0 Å². The Morgan fingerprint density at radius 3 is 2.66 bits per heavy atom. The highest BCUT2D eigenvalue weighted by atomic mass is 35.5. The summed E-state index contributed by atoms with van der Waals surface area (Å²) in [6, 6.07) is 11.9. The SMILES string of the molecule is NC(=O)c1c(NC(=O)Cc2ccc(Cl)cc2)sc2c1CCN(C(=O)c1ccc3c(c1)OC(=O)C3)C2. The highest BCUT2D eigenvalue weighted by Crippen LogP contribution is 2.37. The number of rotatable bonds is 5. The van der Waals surface area contributed by atoms with Crippen LogP contribution in [0.4, 0.5) is 5.00 Å². The molecule has 8 nitrogen and oxygen atoms in total. The molecule has 1 aromatic heterocycles. The molecule has 35 heavy (non-hydrogen) atoms. The number of halogens is 1. The molecule has 0 saturated heterocycles. The lowest BCUT2D eigenvalue weighted by Gasteiger charge is -2.27. The van der Waals surface area contributed by atoms with Gasteiger partial charge in [0, 0.05) is 27.6 Å². The Bertz CT molecular complexity index is 1380. The fraction of sp³-hybridized carbons (Fsp3) is 0.200. The molecule has 3 N–H and O–H groups in total. The first-order chi connectivity index (χ1) is 16.8. The van der Waals surface area contributed by atoms with Crippen molar-refractivity contribution in [3.8, 4) is 5.75 Å². The number of carbonyl (C=O) groups excluding carboxylic acids is 4. The van der Waals surface area contributed by atoms with Gasteiger partial charge in [0.25, 0.3) is 11.8 Å². The summed E-state index contributed by atoms with van der Waals surface area (Å²) in [6.07, 6.45) is 0.753. The first-order valence-electron chi connectivity index (χ1n) is 10.9. The van der Waals surface area contributed by atoms with Crippen LogP contribution in [0.15, 0.2) is 42.5 Å². The maximum atomic E-state index is 13.1. The van der Waals surface area contributed by atoms with Gasteiger partial charge in [-0.1, -0.05) is 29.8 Å². The number of ether oxygens (including phenoxy) is 1. The molecule has 3 amide bonds. The molecular weight excluding hydrogens is 490 g/mol. The molecule has 5 rings (SSSR count). The molecule has 0 radical (unpaired) electrons. The molecule has 0 saturated carbocycles. The van der Waals surface area contributed by atoms with Crippen LogP contribution in [0.5, 0.6) is 5.75 Å². The van der Waals surface area contributed by atoms with E-state index in [-0.39, 0.29) is 37.2 Å². The number of nitrogens with one attached hydrogen (secondary N) is 1. The quantitative estimate of drug-likeness (QED) is 0.404. The maximum absolute atomic E-state index is 13.1. The van der Waals surface area contributed by atoms with Gasteiger partial charge in [-0.15, -0.1) is 11.3 Å². The van der Waals surface area contributed by atoms with Crippen LogP contribution in [-0.2, 0) is 35.4 Å². The van der Waals surface area contributed by atoms with Crippen LogP contribution < -0.4 is 15.8 Å². The van der Waals surface area contributed by atoms with Gasteiger partial charge in [0.05, 0.1) is 24.9 Å². The molecular formula is C25H20ClN3O5S. The van der Waals surface area contributed by atoms with Gasteiger partial charge in [0.1, 0.15) is 10.8 Å². The summed E-state index contributed by atoms with van der Waals surface area (Å²) < 4.78 is 5.17. The van der Waals surface area contributed by atoms with Crippen LogP contribution in [0.3, 0.4) is 0 Å². The van der Waals surface area contributed by atoms with Crippen LogP contribution in [0.2, 0.25) is 5.02 Å². The number of fused-ring (bicyclic) bond motifs is 2. The van der Waals surface area contributed by atoms with E-state index in [9.17, 15) is 19.2 Å². The summed E-state index contributed by atoms with van der Waals surface area (Å²) in [5.74, 6) is -1.03. The summed E-state index contributed by atoms with van der Waals surface area (Å²) in [4.78, 5) is 52.0. The Balaban J connectivity index is 1.34. The van der Waals surface area contributed by atoms with Crippen LogP contribution >= 0.6 is 22.9 Å². The first-order valence-corrected chi connectivity index (χ1v) is 12.1. The van der Waals surface area contributed by atoms with E-state index in [2.05, 4.69) is 5.32 Å². The predicted molar refractivity (Wildman–Crippen MR) is 131 cm³/mol. The fourth-order valence-corrected chi connectivity index (χ4v) is 5.72. The molecule has 3 aromatic rings. The van der Waals surface area contributed by atoms with Gasteiger partial charge in [-0.3, -0.25) is 19.2 Å². The van der Waals surface area contributed by atoms with Gasteiger partial charge in [0.2, 0.25) is 5.91 Å².